The second kappa shape index (κ2) is 11.7. The van der Waals surface area contributed by atoms with Crippen LogP contribution in [0.3, 0.4) is 0 Å². The Balaban J connectivity index is 1.61. The molecule has 8 heteroatoms. The lowest BCUT2D eigenvalue weighted by atomic mass is 9.78. The number of hydrogen-bond acceptors (Lipinski definition) is 6. The summed E-state index contributed by atoms with van der Waals surface area (Å²) < 4.78 is 11.2. The van der Waals surface area contributed by atoms with Crippen molar-refractivity contribution in [1.82, 2.24) is 0 Å². The number of aryl methyl sites for hydroxylation is 1. The van der Waals surface area contributed by atoms with Gasteiger partial charge in [-0.05, 0) is 51.0 Å². The van der Waals surface area contributed by atoms with Gasteiger partial charge in [-0.25, -0.2) is 4.79 Å². The molecule has 1 amide bonds. The second-order valence-electron chi connectivity index (χ2n) is 9.78. The molecule has 34 heavy (non-hydrogen) atoms. The van der Waals surface area contributed by atoms with Gasteiger partial charge in [0.1, 0.15) is 5.00 Å². The van der Waals surface area contributed by atoms with E-state index in [-0.39, 0.29) is 18.6 Å². The summed E-state index contributed by atoms with van der Waals surface area (Å²) >= 11 is 1.47. The summed E-state index contributed by atoms with van der Waals surface area (Å²) in [7, 11) is 0. The van der Waals surface area contributed by atoms with E-state index in [1.165, 1.54) is 43.4 Å². The average molecular weight is 492 g/mol. The molecule has 0 saturated carbocycles. The molecule has 2 fully saturated rings. The Kier molecular flexibility index (Phi) is 8.64. The molecule has 1 aromatic heterocycles. The van der Waals surface area contributed by atoms with Gasteiger partial charge in [0.05, 0.1) is 36.2 Å². The fraction of sp³-hybridized carbons (Fsp3) is 0.731. The zero-order valence-corrected chi connectivity index (χ0v) is 20.9. The molecule has 2 aliphatic heterocycles. The summed E-state index contributed by atoms with van der Waals surface area (Å²) in [5, 5.41) is 13.2. The van der Waals surface area contributed by atoms with Crippen LogP contribution in [0.15, 0.2) is 0 Å². The van der Waals surface area contributed by atoms with Crippen molar-refractivity contribution in [2.45, 2.75) is 103 Å². The molecule has 3 heterocycles. The highest BCUT2D eigenvalue weighted by molar-refractivity contribution is 7.17. The first kappa shape index (κ1) is 25.2. The van der Waals surface area contributed by atoms with Crippen molar-refractivity contribution in [3.63, 3.8) is 0 Å². The number of esters is 1. The largest absolute Gasteiger partial charge is 0.481 e. The Morgan fingerprint density at radius 3 is 2.15 bits per heavy atom. The van der Waals surface area contributed by atoms with Gasteiger partial charge in [-0.2, -0.15) is 0 Å². The van der Waals surface area contributed by atoms with E-state index in [1.807, 2.05) is 0 Å². The number of carbonyl (C=O) groups excluding carboxylic acids is 2. The van der Waals surface area contributed by atoms with Crippen molar-refractivity contribution in [3.05, 3.63) is 16.0 Å². The molecule has 2 bridgehead atoms. The third-order valence-electron chi connectivity index (χ3n) is 7.50. The number of carboxylic acids is 1. The van der Waals surface area contributed by atoms with Crippen molar-refractivity contribution in [2.24, 2.45) is 11.8 Å². The van der Waals surface area contributed by atoms with E-state index in [2.05, 4.69) is 5.32 Å². The third-order valence-corrected chi connectivity index (χ3v) is 8.71. The molecule has 7 nitrogen and oxygen atoms in total. The molecule has 4 rings (SSSR count). The van der Waals surface area contributed by atoms with Gasteiger partial charge in [-0.3, -0.25) is 9.59 Å². The summed E-state index contributed by atoms with van der Waals surface area (Å²) in [6, 6.07) is 0. The monoisotopic (exact) mass is 491 g/mol. The Labute approximate surface area is 205 Å². The van der Waals surface area contributed by atoms with Gasteiger partial charge in [0.25, 0.3) is 0 Å². The van der Waals surface area contributed by atoms with Crippen LogP contribution in [-0.2, 0) is 31.9 Å². The molecular weight excluding hydrogens is 454 g/mol. The number of carboxylic acid groups (broad SMARTS) is 1. The molecule has 2 saturated heterocycles. The molecule has 1 aromatic rings. The van der Waals surface area contributed by atoms with Gasteiger partial charge in [0.15, 0.2) is 0 Å². The SMILES string of the molecule is CCOC(=O)c1c(NC(=O)[C@H]2[C@H](C(=O)O)[C@H]3CC[C@H]2O3)sc2c1CCCCCCCCCCC2. The summed E-state index contributed by atoms with van der Waals surface area (Å²) in [5.74, 6) is -3.34. The Morgan fingerprint density at radius 2 is 1.53 bits per heavy atom. The van der Waals surface area contributed by atoms with Gasteiger partial charge in [-0.15, -0.1) is 11.3 Å². The normalized spacial score (nSPS) is 27.7. The Hall–Kier alpha value is -1.93. The average Bonchev–Trinajstić information content (AvgIpc) is 3.50. The van der Waals surface area contributed by atoms with Gasteiger partial charge in [0.2, 0.25) is 5.91 Å². The minimum Gasteiger partial charge on any atom is -0.481 e. The van der Waals surface area contributed by atoms with E-state index in [0.717, 1.165) is 49.0 Å². The van der Waals surface area contributed by atoms with Gasteiger partial charge in [-0.1, -0.05) is 44.9 Å². The standard InChI is InChI=1S/C26H37NO6S/c1-2-32-26(31)20-16-12-10-8-6-4-3-5-7-9-11-13-19(16)34-24(20)27-23(28)21-17-14-15-18(33-17)22(21)25(29)30/h17-18,21-22H,2-15H2,1H3,(H,27,28)(H,29,30)/t17-,18-,21-,22-/m1/s1. The van der Waals surface area contributed by atoms with E-state index < -0.39 is 29.9 Å². The number of aliphatic carboxylic acids is 1. The molecular formula is C26H37NO6S. The summed E-state index contributed by atoms with van der Waals surface area (Å²) in [6.45, 7) is 2.04. The lowest BCUT2D eigenvalue weighted by Crippen LogP contribution is -2.41. The van der Waals surface area contributed by atoms with Gasteiger partial charge in [0, 0.05) is 4.88 Å². The summed E-state index contributed by atoms with van der Waals surface area (Å²) in [5.41, 5.74) is 1.48. The number of hydrogen-bond donors (Lipinski definition) is 2. The maximum absolute atomic E-state index is 13.3. The van der Waals surface area contributed by atoms with Crippen molar-refractivity contribution < 1.29 is 29.0 Å². The van der Waals surface area contributed by atoms with Crippen LogP contribution in [0.4, 0.5) is 5.00 Å². The highest BCUT2D eigenvalue weighted by Gasteiger charge is 2.55. The first-order valence-corrected chi connectivity index (χ1v) is 13.8. The predicted molar refractivity (Wildman–Crippen MR) is 130 cm³/mol. The first-order valence-electron chi connectivity index (χ1n) is 13.0. The van der Waals surface area contributed by atoms with E-state index >= 15 is 0 Å². The third kappa shape index (κ3) is 5.48. The number of thiophene rings is 1. The minimum atomic E-state index is -0.994. The van der Waals surface area contributed by atoms with E-state index in [9.17, 15) is 19.5 Å². The smallest absolute Gasteiger partial charge is 0.341 e. The lowest BCUT2D eigenvalue weighted by Gasteiger charge is -2.23. The molecule has 3 aliphatic rings. The van der Waals surface area contributed by atoms with Crippen LogP contribution >= 0.6 is 11.3 Å². The van der Waals surface area contributed by atoms with Crippen LogP contribution in [-0.4, -0.2) is 41.8 Å². The Bertz CT molecular complexity index is 896. The zero-order valence-electron chi connectivity index (χ0n) is 20.1. The number of anilines is 1. The molecule has 4 atom stereocenters. The number of carbonyl (C=O) groups is 3. The number of ether oxygens (including phenoxy) is 2. The van der Waals surface area contributed by atoms with Crippen molar-refractivity contribution in [3.8, 4) is 0 Å². The van der Waals surface area contributed by atoms with Gasteiger partial charge >= 0.3 is 11.9 Å². The number of fused-ring (bicyclic) bond motifs is 3. The molecule has 0 aromatic carbocycles. The van der Waals surface area contributed by atoms with Crippen LogP contribution in [0, 0.1) is 11.8 Å². The topological polar surface area (TPSA) is 102 Å². The molecule has 0 radical (unpaired) electrons. The number of amides is 1. The molecule has 2 N–H and O–H groups in total. The fourth-order valence-electron chi connectivity index (χ4n) is 5.83. The van der Waals surface area contributed by atoms with Gasteiger partial charge < -0.3 is 19.9 Å². The van der Waals surface area contributed by atoms with Crippen molar-refractivity contribution >= 4 is 34.2 Å². The number of rotatable bonds is 5. The highest BCUT2D eigenvalue weighted by Crippen LogP contribution is 2.45. The minimum absolute atomic E-state index is 0.262. The van der Waals surface area contributed by atoms with Crippen LogP contribution in [0.25, 0.3) is 0 Å². The molecule has 1 aliphatic carbocycles. The van der Waals surface area contributed by atoms with E-state index in [0.29, 0.717) is 23.4 Å². The molecule has 188 valence electrons. The number of nitrogens with one attached hydrogen (secondary N) is 1. The molecule has 0 unspecified atom stereocenters. The van der Waals surface area contributed by atoms with Crippen molar-refractivity contribution in [1.29, 1.82) is 0 Å². The maximum atomic E-state index is 13.3. The predicted octanol–water partition coefficient (Wildman–Crippen LogP) is 5.35. The van der Waals surface area contributed by atoms with Crippen LogP contribution in [0.1, 0.15) is 98.4 Å². The van der Waals surface area contributed by atoms with Crippen LogP contribution < -0.4 is 5.32 Å². The van der Waals surface area contributed by atoms with E-state index in [4.69, 9.17) is 9.47 Å². The first-order chi connectivity index (χ1) is 16.5. The van der Waals surface area contributed by atoms with E-state index in [1.54, 1.807) is 6.92 Å². The molecule has 0 spiro atoms. The second-order valence-corrected chi connectivity index (χ2v) is 10.9. The summed E-state index contributed by atoms with van der Waals surface area (Å²) in [4.78, 5) is 39.4. The van der Waals surface area contributed by atoms with Crippen molar-refractivity contribution in [2.75, 3.05) is 11.9 Å². The summed E-state index contributed by atoms with van der Waals surface area (Å²) in [6.07, 6.45) is 12.9. The lowest BCUT2D eigenvalue weighted by molar-refractivity contribution is -0.147. The highest BCUT2D eigenvalue weighted by atomic mass is 32.1. The van der Waals surface area contributed by atoms with Crippen LogP contribution in [0.2, 0.25) is 0 Å². The quantitative estimate of drug-likeness (QED) is 0.538. The maximum Gasteiger partial charge on any atom is 0.341 e. The fourth-order valence-corrected chi connectivity index (χ4v) is 7.11. The Morgan fingerprint density at radius 1 is 0.941 bits per heavy atom. The van der Waals surface area contributed by atoms with Crippen LogP contribution in [0.5, 0.6) is 0 Å². The zero-order chi connectivity index (χ0) is 24.1.